The second kappa shape index (κ2) is 22.6. The molecule has 4 fully saturated rings. The highest BCUT2D eigenvalue weighted by Crippen LogP contribution is 2.42. The number of ether oxygens (including phenoxy) is 1. The van der Waals surface area contributed by atoms with Crippen LogP contribution in [0.3, 0.4) is 0 Å². The Labute approximate surface area is 435 Å². The summed E-state index contributed by atoms with van der Waals surface area (Å²) in [6.45, 7) is 12.4. The summed E-state index contributed by atoms with van der Waals surface area (Å²) in [6, 6.07) is 11.4. The molecule has 20 heteroatoms. The molecule has 388 valence electrons. The molecule has 5 N–H and O–H groups in total. The summed E-state index contributed by atoms with van der Waals surface area (Å²) in [5.41, 5.74) is 3.82. The predicted molar refractivity (Wildman–Crippen MR) is 282 cm³/mol. The standard InChI is InChI=1S/C52H68ClFN10O6S2/c1-30-24-62(47(67)37-16-17-40(42(20-37)70-7)59-50-57-23-39(53)45(55-6)61-50)25-31(2)63(30)26-34-8-10-35(11-9-34)28-72-51(4,5)44(60-49(69)52(54)18-19-52)48(68)64-27-38(65)21-41(64)46(66)56-22-33-12-14-36(15-13-33)43-32(3)58-29-71-43/h12-17,20,23,29-31,34-35,38,41,44,65H,8-11,18-19,21-22,24-28H2,1-7H3,(H,56,66)(H,60,69)(H2,55,57,59,61)/t30-,31+,34?,35?,38-,41+,44+/m1/s1. The summed E-state index contributed by atoms with van der Waals surface area (Å²) in [5.74, 6) is 1.16. The van der Waals surface area contributed by atoms with Gasteiger partial charge in [-0.05, 0) is 120 Å². The number of methoxy groups -OCH3 is 1. The van der Waals surface area contributed by atoms with Crippen molar-refractivity contribution in [2.45, 2.75) is 127 Å². The van der Waals surface area contributed by atoms with Crippen molar-refractivity contribution in [1.82, 2.24) is 40.3 Å². The van der Waals surface area contributed by atoms with E-state index in [4.69, 9.17) is 16.3 Å². The van der Waals surface area contributed by atoms with Crippen molar-refractivity contribution < 1.29 is 33.4 Å². The minimum absolute atomic E-state index is 0.0563. The summed E-state index contributed by atoms with van der Waals surface area (Å²) < 4.78 is 20.0. The molecule has 4 heterocycles. The number of carbonyl (C=O) groups is 4. The summed E-state index contributed by atoms with van der Waals surface area (Å²) >= 11 is 9.32. The summed E-state index contributed by atoms with van der Waals surface area (Å²) in [6.07, 6.45) is 4.95. The Hall–Kier alpha value is -5.08. The SMILES string of the molecule is CNc1nc(Nc2ccc(C(=O)N3C[C@@H](C)N(CC4CCC(CSC(C)(C)[C@@H](NC(=O)C5(F)CC5)C(=O)N5C[C@H](O)C[C@H]5C(=O)NCc5ccc(-c6scnc6C)cc5)CC4)[C@@H](C)C3)cc2OC)ncc1Cl. The molecular weight excluding hydrogens is 979 g/mol. The number of thioether (sulfide) groups is 1. The smallest absolute Gasteiger partial charge is 0.258 e. The summed E-state index contributed by atoms with van der Waals surface area (Å²) in [7, 11) is 3.28. The van der Waals surface area contributed by atoms with Gasteiger partial charge in [0.15, 0.2) is 5.67 Å². The van der Waals surface area contributed by atoms with E-state index >= 15 is 4.39 Å². The highest BCUT2D eigenvalue weighted by molar-refractivity contribution is 8.00. The van der Waals surface area contributed by atoms with Crippen molar-refractivity contribution in [3.8, 4) is 16.2 Å². The van der Waals surface area contributed by atoms with Crippen LogP contribution in [0, 0.1) is 18.8 Å². The molecule has 2 aliphatic heterocycles. The molecule has 4 aromatic rings. The van der Waals surface area contributed by atoms with Gasteiger partial charge in [-0.15, -0.1) is 11.3 Å². The van der Waals surface area contributed by atoms with Crippen molar-refractivity contribution in [1.29, 1.82) is 0 Å². The molecule has 8 rings (SSSR count). The van der Waals surface area contributed by atoms with Gasteiger partial charge in [-0.1, -0.05) is 35.9 Å². The zero-order chi connectivity index (χ0) is 51.5. The monoisotopic (exact) mass is 1050 g/mol. The molecule has 5 atom stereocenters. The number of aromatic nitrogens is 3. The van der Waals surface area contributed by atoms with Crippen molar-refractivity contribution in [2.75, 3.05) is 56.7 Å². The van der Waals surface area contributed by atoms with E-state index in [2.05, 4.69) is 55.0 Å². The fraction of sp³-hybridized carbons (Fsp3) is 0.558. The maximum atomic E-state index is 15.2. The summed E-state index contributed by atoms with van der Waals surface area (Å²) in [5, 5.41) is 23.1. The lowest BCUT2D eigenvalue weighted by molar-refractivity contribution is -0.143. The van der Waals surface area contributed by atoms with Gasteiger partial charge < -0.3 is 40.9 Å². The first-order chi connectivity index (χ1) is 34.4. The van der Waals surface area contributed by atoms with Crippen LogP contribution in [0.2, 0.25) is 5.02 Å². The maximum Gasteiger partial charge on any atom is 0.258 e. The minimum atomic E-state index is -2.00. The number of β-amino-alcohol motifs (C(OH)–C–C–N with tert-alkyl or cyclic N) is 1. The van der Waals surface area contributed by atoms with Gasteiger partial charge in [0.2, 0.25) is 17.8 Å². The number of carbonyl (C=O) groups excluding carboxylic acids is 4. The number of aryl methyl sites for hydroxylation is 1. The number of anilines is 3. The zero-order valence-corrected chi connectivity index (χ0v) is 44.6. The van der Waals surface area contributed by atoms with E-state index in [1.54, 1.807) is 55.5 Å². The van der Waals surface area contributed by atoms with Crippen molar-refractivity contribution in [3.05, 3.63) is 76.0 Å². The van der Waals surface area contributed by atoms with Gasteiger partial charge in [-0.2, -0.15) is 16.7 Å². The fourth-order valence-electron chi connectivity index (χ4n) is 10.3. The van der Waals surface area contributed by atoms with Crippen LogP contribution in [0.25, 0.3) is 10.4 Å². The second-order valence-electron chi connectivity index (χ2n) is 20.5. The first-order valence-corrected chi connectivity index (χ1v) is 27.2. The van der Waals surface area contributed by atoms with Crippen LogP contribution in [-0.2, 0) is 20.9 Å². The molecule has 4 amide bonds. The quantitative estimate of drug-likeness (QED) is 0.0660. The number of halogens is 2. The molecule has 0 bridgehead atoms. The van der Waals surface area contributed by atoms with Gasteiger partial charge in [0.25, 0.3) is 11.8 Å². The molecule has 2 aromatic carbocycles. The number of rotatable bonds is 18. The first-order valence-electron chi connectivity index (χ1n) is 25.0. The number of nitrogens with zero attached hydrogens (tertiary/aromatic N) is 6. The van der Waals surface area contributed by atoms with E-state index in [9.17, 15) is 24.3 Å². The first kappa shape index (κ1) is 53.2. The Bertz CT molecular complexity index is 2580. The number of likely N-dealkylation sites (tertiary alicyclic amines) is 1. The van der Waals surface area contributed by atoms with E-state index in [-0.39, 0.29) is 50.3 Å². The molecule has 16 nitrogen and oxygen atoms in total. The average molecular weight is 1050 g/mol. The third-order valence-electron chi connectivity index (χ3n) is 14.8. The molecular formula is C52H68ClFN10O6S2. The van der Waals surface area contributed by atoms with E-state index in [1.807, 2.05) is 55.4 Å². The van der Waals surface area contributed by atoms with Crippen LogP contribution in [-0.4, -0.2) is 145 Å². The normalized spacial score (nSPS) is 23.5. The maximum absolute atomic E-state index is 15.2. The highest BCUT2D eigenvalue weighted by Gasteiger charge is 2.54. The van der Waals surface area contributed by atoms with Crippen molar-refractivity contribution in [2.24, 2.45) is 11.8 Å². The number of hydrogen-bond acceptors (Lipinski definition) is 14. The van der Waals surface area contributed by atoms with Gasteiger partial charge in [-0.3, -0.25) is 24.1 Å². The fourth-order valence-corrected chi connectivity index (χ4v) is 12.6. The number of alkyl halides is 1. The van der Waals surface area contributed by atoms with Gasteiger partial charge in [-0.25, -0.2) is 14.4 Å². The number of nitrogens with one attached hydrogen (secondary N) is 4. The van der Waals surface area contributed by atoms with E-state index in [0.717, 1.165) is 59.7 Å². The molecule has 72 heavy (non-hydrogen) atoms. The molecule has 0 radical (unpaired) electrons. The number of hydrogen-bond donors (Lipinski definition) is 5. The number of piperazine rings is 1. The highest BCUT2D eigenvalue weighted by atomic mass is 35.5. The van der Waals surface area contributed by atoms with E-state index in [1.165, 1.54) is 11.1 Å². The molecule has 0 spiro atoms. The number of aliphatic hydroxyl groups excluding tert-OH is 1. The number of amides is 4. The predicted octanol–water partition coefficient (Wildman–Crippen LogP) is 7.47. The third-order valence-corrected chi connectivity index (χ3v) is 17.7. The average Bonchev–Trinajstić information content (AvgIpc) is 3.78. The van der Waals surface area contributed by atoms with E-state index < -0.39 is 46.3 Å². The number of aliphatic hydroxyl groups is 1. The van der Waals surface area contributed by atoms with Gasteiger partial charge in [0.05, 0.1) is 41.2 Å². The van der Waals surface area contributed by atoms with Gasteiger partial charge in [0.1, 0.15) is 28.7 Å². The largest absolute Gasteiger partial charge is 0.495 e. The lowest BCUT2D eigenvalue weighted by Gasteiger charge is -2.46. The lowest BCUT2D eigenvalue weighted by atomic mass is 9.82. The number of thiazole rings is 1. The van der Waals surface area contributed by atoms with Crippen LogP contribution >= 0.6 is 34.7 Å². The Kier molecular flexibility index (Phi) is 16.7. The van der Waals surface area contributed by atoms with E-state index in [0.29, 0.717) is 58.7 Å². The molecule has 0 unspecified atom stereocenters. The molecule has 2 saturated carbocycles. The van der Waals surface area contributed by atoms with Crippen LogP contribution in [0.4, 0.5) is 21.8 Å². The molecule has 2 aromatic heterocycles. The lowest BCUT2D eigenvalue weighted by Crippen LogP contribution is -2.61. The van der Waals surface area contributed by atoms with Crippen LogP contribution in [0.1, 0.15) is 94.3 Å². The van der Waals surface area contributed by atoms with Crippen LogP contribution < -0.4 is 26.0 Å². The molecule has 4 aliphatic rings. The minimum Gasteiger partial charge on any atom is -0.495 e. The Morgan fingerprint density at radius 1 is 1.01 bits per heavy atom. The summed E-state index contributed by atoms with van der Waals surface area (Å²) in [4.78, 5) is 75.5. The Balaban J connectivity index is 0.831. The topological polar surface area (TPSA) is 194 Å². The number of benzene rings is 2. The van der Waals surface area contributed by atoms with Crippen molar-refractivity contribution >= 4 is 75.8 Å². The second-order valence-corrected chi connectivity index (χ2v) is 23.5. The van der Waals surface area contributed by atoms with Crippen LogP contribution in [0.15, 0.2) is 54.2 Å². The molecule has 2 saturated heterocycles. The zero-order valence-electron chi connectivity index (χ0n) is 42.2. The van der Waals surface area contributed by atoms with Crippen molar-refractivity contribution in [3.63, 3.8) is 0 Å². The molecule has 2 aliphatic carbocycles. The Morgan fingerprint density at radius 3 is 2.35 bits per heavy atom. The van der Waals surface area contributed by atoms with Crippen LogP contribution in [0.5, 0.6) is 5.75 Å². The Morgan fingerprint density at radius 2 is 1.71 bits per heavy atom. The third kappa shape index (κ3) is 12.3. The van der Waals surface area contributed by atoms with Gasteiger partial charge >= 0.3 is 0 Å². The van der Waals surface area contributed by atoms with Gasteiger partial charge in [0, 0.05) is 68.6 Å².